The highest BCUT2D eigenvalue weighted by Gasteiger charge is 2.19. The first-order valence-corrected chi connectivity index (χ1v) is 8.38. The van der Waals surface area contributed by atoms with E-state index in [1.165, 1.54) is 20.1 Å². The summed E-state index contributed by atoms with van der Waals surface area (Å²) in [5.74, 6) is -0.460. The minimum absolute atomic E-state index is 0.0722. The van der Waals surface area contributed by atoms with Gasteiger partial charge in [-0.3, -0.25) is 9.59 Å². The van der Waals surface area contributed by atoms with Crippen LogP contribution in [0.5, 0.6) is 5.75 Å². The van der Waals surface area contributed by atoms with Crippen molar-refractivity contribution in [2.75, 3.05) is 7.11 Å². The van der Waals surface area contributed by atoms with E-state index in [9.17, 15) is 9.59 Å². The highest BCUT2D eigenvalue weighted by molar-refractivity contribution is 5.95. The average molecular weight is 382 g/mol. The van der Waals surface area contributed by atoms with Crippen molar-refractivity contribution in [1.82, 2.24) is 20.5 Å². The van der Waals surface area contributed by atoms with Crippen molar-refractivity contribution in [1.29, 1.82) is 0 Å². The molecule has 0 aliphatic rings. The van der Waals surface area contributed by atoms with Crippen LogP contribution in [-0.4, -0.2) is 45.3 Å². The van der Waals surface area contributed by atoms with Gasteiger partial charge in [-0.25, -0.2) is 4.98 Å². The SMILES string of the molecule is COc1ccc(C(=O)NC(C)C(=O)O)nc1-c1cccc(-c2nnc(C)o2)c1. The topological polar surface area (TPSA) is 127 Å². The van der Waals surface area contributed by atoms with Gasteiger partial charge in [0.15, 0.2) is 0 Å². The maximum atomic E-state index is 12.3. The van der Waals surface area contributed by atoms with E-state index in [0.717, 1.165) is 0 Å². The molecule has 9 nitrogen and oxygen atoms in total. The number of aryl methyl sites for hydroxylation is 1. The number of hydrogen-bond acceptors (Lipinski definition) is 7. The number of pyridine rings is 1. The van der Waals surface area contributed by atoms with E-state index in [1.54, 1.807) is 31.2 Å². The van der Waals surface area contributed by atoms with Crippen LogP contribution in [-0.2, 0) is 4.79 Å². The largest absolute Gasteiger partial charge is 0.494 e. The number of amides is 1. The lowest BCUT2D eigenvalue weighted by Crippen LogP contribution is -2.38. The molecule has 144 valence electrons. The highest BCUT2D eigenvalue weighted by Crippen LogP contribution is 2.31. The van der Waals surface area contributed by atoms with E-state index in [1.807, 2.05) is 6.07 Å². The summed E-state index contributed by atoms with van der Waals surface area (Å²) in [6.07, 6.45) is 0. The van der Waals surface area contributed by atoms with Crippen molar-refractivity contribution in [2.45, 2.75) is 19.9 Å². The average Bonchev–Trinajstić information content (AvgIpc) is 3.13. The Kier molecular flexibility index (Phi) is 5.35. The smallest absolute Gasteiger partial charge is 0.325 e. The molecular weight excluding hydrogens is 364 g/mol. The molecule has 0 fully saturated rings. The number of nitrogens with one attached hydrogen (secondary N) is 1. The van der Waals surface area contributed by atoms with Crippen LogP contribution in [0.2, 0.25) is 0 Å². The normalized spacial score (nSPS) is 11.7. The van der Waals surface area contributed by atoms with Gasteiger partial charge in [-0.05, 0) is 31.2 Å². The van der Waals surface area contributed by atoms with Crippen molar-refractivity contribution < 1.29 is 23.8 Å². The van der Waals surface area contributed by atoms with Crippen LogP contribution >= 0.6 is 0 Å². The number of carboxylic acids is 1. The monoisotopic (exact) mass is 382 g/mol. The van der Waals surface area contributed by atoms with Crippen molar-refractivity contribution >= 4 is 11.9 Å². The van der Waals surface area contributed by atoms with E-state index >= 15 is 0 Å². The summed E-state index contributed by atoms with van der Waals surface area (Å²) in [4.78, 5) is 27.6. The first-order valence-electron chi connectivity index (χ1n) is 8.38. The molecule has 2 heterocycles. The minimum atomic E-state index is -1.13. The Morgan fingerprint density at radius 3 is 2.57 bits per heavy atom. The van der Waals surface area contributed by atoms with Crippen LogP contribution in [0.25, 0.3) is 22.7 Å². The number of carbonyl (C=O) groups is 2. The van der Waals surface area contributed by atoms with Gasteiger partial charge in [0, 0.05) is 18.1 Å². The number of carboxylic acid groups (broad SMARTS) is 1. The summed E-state index contributed by atoms with van der Waals surface area (Å²) in [6.45, 7) is 3.08. The lowest BCUT2D eigenvalue weighted by molar-refractivity contribution is -0.138. The summed E-state index contributed by atoms with van der Waals surface area (Å²) in [7, 11) is 1.50. The number of carbonyl (C=O) groups excluding carboxylic acids is 1. The van der Waals surface area contributed by atoms with Crippen molar-refractivity contribution in [3.63, 3.8) is 0 Å². The molecular formula is C19H18N4O5. The zero-order valence-corrected chi connectivity index (χ0v) is 15.5. The Hall–Kier alpha value is -3.75. The molecule has 0 bridgehead atoms. The number of aromatic nitrogens is 3. The van der Waals surface area contributed by atoms with E-state index in [2.05, 4.69) is 20.5 Å². The standard InChI is InChI=1S/C19H18N4O5/c1-10(19(25)26)20-17(24)14-7-8-15(27-3)16(21-14)12-5-4-6-13(9-12)18-23-22-11(2)28-18/h4-10H,1-3H3,(H,20,24)(H,25,26). The Morgan fingerprint density at radius 1 is 1.18 bits per heavy atom. The number of methoxy groups -OCH3 is 1. The summed E-state index contributed by atoms with van der Waals surface area (Å²) in [6, 6.07) is 9.24. The third-order valence-corrected chi connectivity index (χ3v) is 3.94. The van der Waals surface area contributed by atoms with Crippen LogP contribution in [0, 0.1) is 6.92 Å². The van der Waals surface area contributed by atoms with Crippen molar-refractivity contribution in [2.24, 2.45) is 0 Å². The summed E-state index contributed by atoms with van der Waals surface area (Å²) < 4.78 is 10.8. The number of aliphatic carboxylic acids is 1. The molecule has 1 atom stereocenters. The van der Waals surface area contributed by atoms with Gasteiger partial charge in [-0.1, -0.05) is 12.1 Å². The van der Waals surface area contributed by atoms with E-state index in [-0.39, 0.29) is 5.69 Å². The maximum Gasteiger partial charge on any atom is 0.325 e. The molecule has 0 aliphatic heterocycles. The van der Waals surface area contributed by atoms with Gasteiger partial charge in [0.05, 0.1) is 7.11 Å². The van der Waals surface area contributed by atoms with Gasteiger partial charge in [-0.2, -0.15) is 0 Å². The minimum Gasteiger partial charge on any atom is -0.494 e. The lowest BCUT2D eigenvalue weighted by atomic mass is 10.1. The molecule has 3 rings (SSSR count). The Labute approximate surface area is 160 Å². The third kappa shape index (κ3) is 3.98. The fourth-order valence-electron chi connectivity index (χ4n) is 2.49. The molecule has 0 spiro atoms. The molecule has 0 radical (unpaired) electrons. The van der Waals surface area contributed by atoms with Crippen LogP contribution < -0.4 is 10.1 Å². The number of ether oxygens (including phenoxy) is 1. The van der Waals surface area contributed by atoms with Crippen LogP contribution in [0.15, 0.2) is 40.8 Å². The molecule has 1 aromatic carbocycles. The van der Waals surface area contributed by atoms with Crippen LogP contribution in [0.1, 0.15) is 23.3 Å². The lowest BCUT2D eigenvalue weighted by Gasteiger charge is -2.12. The molecule has 0 saturated carbocycles. The van der Waals surface area contributed by atoms with Gasteiger partial charge in [0.25, 0.3) is 5.91 Å². The maximum absolute atomic E-state index is 12.3. The molecule has 2 aromatic heterocycles. The predicted octanol–water partition coefficient (Wildman–Crippen LogP) is 2.32. The second kappa shape index (κ2) is 7.87. The molecule has 28 heavy (non-hydrogen) atoms. The van der Waals surface area contributed by atoms with Crippen LogP contribution in [0.3, 0.4) is 0 Å². The Morgan fingerprint density at radius 2 is 1.93 bits per heavy atom. The first-order chi connectivity index (χ1) is 13.4. The number of rotatable bonds is 6. The predicted molar refractivity (Wildman–Crippen MR) is 98.8 cm³/mol. The molecule has 1 amide bonds. The zero-order chi connectivity index (χ0) is 20.3. The van der Waals surface area contributed by atoms with E-state index in [0.29, 0.717) is 34.4 Å². The Balaban J connectivity index is 1.99. The van der Waals surface area contributed by atoms with E-state index < -0.39 is 17.9 Å². The molecule has 1 unspecified atom stereocenters. The van der Waals surface area contributed by atoms with Gasteiger partial charge >= 0.3 is 5.97 Å². The number of nitrogens with zero attached hydrogens (tertiary/aromatic N) is 3. The van der Waals surface area contributed by atoms with Crippen molar-refractivity contribution in [3.05, 3.63) is 48.0 Å². The highest BCUT2D eigenvalue weighted by atomic mass is 16.5. The number of benzene rings is 1. The molecule has 0 saturated heterocycles. The number of hydrogen-bond donors (Lipinski definition) is 2. The summed E-state index contributed by atoms with van der Waals surface area (Å²) >= 11 is 0. The zero-order valence-electron chi connectivity index (χ0n) is 15.5. The third-order valence-electron chi connectivity index (χ3n) is 3.94. The molecule has 3 aromatic rings. The molecule has 0 aliphatic carbocycles. The van der Waals surface area contributed by atoms with Crippen molar-refractivity contribution in [3.8, 4) is 28.5 Å². The molecule has 9 heteroatoms. The van der Waals surface area contributed by atoms with Gasteiger partial charge in [0.1, 0.15) is 23.2 Å². The second-order valence-corrected chi connectivity index (χ2v) is 5.99. The first kappa shape index (κ1) is 19.0. The quantitative estimate of drug-likeness (QED) is 0.665. The molecule has 2 N–H and O–H groups in total. The van der Waals surface area contributed by atoms with Gasteiger partial charge in [-0.15, -0.1) is 10.2 Å². The second-order valence-electron chi connectivity index (χ2n) is 5.99. The summed E-state index contributed by atoms with van der Waals surface area (Å²) in [5, 5.41) is 19.2. The Bertz CT molecular complexity index is 1030. The van der Waals surface area contributed by atoms with E-state index in [4.69, 9.17) is 14.3 Å². The van der Waals surface area contributed by atoms with Gasteiger partial charge < -0.3 is 19.6 Å². The fraction of sp³-hybridized carbons (Fsp3) is 0.211. The van der Waals surface area contributed by atoms with Gasteiger partial charge in [0.2, 0.25) is 11.8 Å². The summed E-state index contributed by atoms with van der Waals surface area (Å²) in [5.41, 5.74) is 1.86. The van der Waals surface area contributed by atoms with Crippen LogP contribution in [0.4, 0.5) is 0 Å². The fourth-order valence-corrected chi connectivity index (χ4v) is 2.49.